The fourth-order valence-electron chi connectivity index (χ4n) is 2.29. The van der Waals surface area contributed by atoms with Crippen molar-refractivity contribution in [3.05, 3.63) is 68.7 Å². The Morgan fingerprint density at radius 3 is 2.67 bits per heavy atom. The summed E-state index contributed by atoms with van der Waals surface area (Å²) in [5.74, 6) is -0.748. The molecule has 0 aliphatic carbocycles. The van der Waals surface area contributed by atoms with E-state index < -0.39 is 5.82 Å². The molecule has 0 fully saturated rings. The lowest BCUT2D eigenvalue weighted by atomic mass is 9.98. The number of rotatable bonds is 5. The van der Waals surface area contributed by atoms with Crippen molar-refractivity contribution >= 4 is 27.5 Å². The van der Waals surface area contributed by atoms with E-state index in [1.165, 1.54) is 18.2 Å². The second-order valence-electron chi connectivity index (χ2n) is 4.74. The Morgan fingerprint density at radius 2 is 2.00 bits per heavy atom. The molecule has 2 rings (SSSR count). The summed E-state index contributed by atoms with van der Waals surface area (Å²) in [6.07, 6.45) is 0.474. The molecule has 0 spiro atoms. The number of nitrogens with one attached hydrogen (secondary N) is 1. The van der Waals surface area contributed by atoms with E-state index in [2.05, 4.69) is 21.2 Å². The van der Waals surface area contributed by atoms with E-state index in [4.69, 9.17) is 11.6 Å². The monoisotopic (exact) mass is 373 g/mol. The standard InChI is InChI=1S/C16H15BrClF2N/c1-2-21-15(13-4-3-5-14(18)16(13)20)8-10-6-11(17)9-12(19)7-10/h3-7,9,15,21H,2,8H2,1H3. The van der Waals surface area contributed by atoms with E-state index in [9.17, 15) is 8.78 Å². The van der Waals surface area contributed by atoms with Gasteiger partial charge in [0.2, 0.25) is 0 Å². The first-order valence-electron chi connectivity index (χ1n) is 6.63. The molecule has 1 atom stereocenters. The lowest BCUT2D eigenvalue weighted by Gasteiger charge is -2.20. The van der Waals surface area contributed by atoms with Crippen molar-refractivity contribution in [1.82, 2.24) is 5.32 Å². The molecular formula is C16H15BrClF2N. The molecule has 1 N–H and O–H groups in total. The van der Waals surface area contributed by atoms with Crippen molar-refractivity contribution in [1.29, 1.82) is 0 Å². The van der Waals surface area contributed by atoms with Gasteiger partial charge in [0.05, 0.1) is 5.02 Å². The van der Waals surface area contributed by atoms with Crippen LogP contribution in [-0.4, -0.2) is 6.54 Å². The fourth-order valence-corrected chi connectivity index (χ4v) is 2.99. The third kappa shape index (κ3) is 4.25. The molecule has 0 aliphatic heterocycles. The average molecular weight is 375 g/mol. The Kier molecular flexibility index (Phi) is 5.73. The maximum absolute atomic E-state index is 14.2. The Labute approximate surface area is 136 Å². The summed E-state index contributed by atoms with van der Waals surface area (Å²) < 4.78 is 28.3. The van der Waals surface area contributed by atoms with Gasteiger partial charge in [-0.2, -0.15) is 0 Å². The molecule has 2 aromatic carbocycles. The molecule has 1 nitrogen and oxygen atoms in total. The van der Waals surface area contributed by atoms with Gasteiger partial charge >= 0.3 is 0 Å². The van der Waals surface area contributed by atoms with Crippen LogP contribution in [0.4, 0.5) is 8.78 Å². The quantitative estimate of drug-likeness (QED) is 0.751. The Balaban J connectivity index is 2.32. The van der Waals surface area contributed by atoms with Crippen molar-refractivity contribution in [3.8, 4) is 0 Å². The van der Waals surface area contributed by atoms with Crippen LogP contribution in [0.3, 0.4) is 0 Å². The van der Waals surface area contributed by atoms with Gasteiger partial charge in [0.1, 0.15) is 11.6 Å². The molecule has 1 unspecified atom stereocenters. The van der Waals surface area contributed by atoms with Gasteiger partial charge in [0, 0.05) is 16.1 Å². The third-order valence-corrected chi connectivity index (χ3v) is 3.92. The molecule has 0 amide bonds. The summed E-state index contributed by atoms with van der Waals surface area (Å²) >= 11 is 9.11. The van der Waals surface area contributed by atoms with E-state index in [0.717, 1.165) is 5.56 Å². The van der Waals surface area contributed by atoms with Crippen LogP contribution >= 0.6 is 27.5 Å². The lowest BCUT2D eigenvalue weighted by molar-refractivity contribution is 0.509. The SMILES string of the molecule is CCNC(Cc1cc(F)cc(Br)c1)c1cccc(Cl)c1F. The number of likely N-dealkylation sites (N-methyl/N-ethyl adjacent to an activating group) is 1. The van der Waals surface area contributed by atoms with Crippen molar-refractivity contribution in [2.45, 2.75) is 19.4 Å². The zero-order chi connectivity index (χ0) is 15.4. The highest BCUT2D eigenvalue weighted by Gasteiger charge is 2.17. The van der Waals surface area contributed by atoms with Gasteiger partial charge in [-0.15, -0.1) is 0 Å². The first-order chi connectivity index (χ1) is 10.0. The molecule has 0 aromatic heterocycles. The van der Waals surface area contributed by atoms with Crippen LogP contribution in [0.5, 0.6) is 0 Å². The van der Waals surface area contributed by atoms with Crippen LogP contribution in [0.15, 0.2) is 40.9 Å². The fraction of sp³-hybridized carbons (Fsp3) is 0.250. The maximum Gasteiger partial charge on any atom is 0.146 e. The highest BCUT2D eigenvalue weighted by atomic mass is 79.9. The van der Waals surface area contributed by atoms with Gasteiger partial charge in [-0.25, -0.2) is 8.78 Å². The van der Waals surface area contributed by atoms with Crippen molar-refractivity contribution < 1.29 is 8.78 Å². The largest absolute Gasteiger partial charge is 0.310 e. The Bertz CT molecular complexity index is 613. The topological polar surface area (TPSA) is 12.0 Å². The molecular weight excluding hydrogens is 360 g/mol. The van der Waals surface area contributed by atoms with Crippen LogP contribution in [0.25, 0.3) is 0 Å². The van der Waals surface area contributed by atoms with Gasteiger partial charge in [-0.05, 0) is 42.8 Å². The van der Waals surface area contributed by atoms with Gasteiger partial charge in [0.15, 0.2) is 0 Å². The van der Waals surface area contributed by atoms with E-state index >= 15 is 0 Å². The third-order valence-electron chi connectivity index (χ3n) is 3.17. The number of benzene rings is 2. The van der Waals surface area contributed by atoms with E-state index in [1.54, 1.807) is 12.1 Å². The summed E-state index contributed by atoms with van der Waals surface area (Å²) in [5, 5.41) is 3.31. The number of hydrogen-bond donors (Lipinski definition) is 1. The molecule has 0 heterocycles. The van der Waals surface area contributed by atoms with Crippen molar-refractivity contribution in [2.24, 2.45) is 0 Å². The van der Waals surface area contributed by atoms with Gasteiger partial charge in [0.25, 0.3) is 0 Å². The summed E-state index contributed by atoms with van der Waals surface area (Å²) in [6.45, 7) is 2.62. The first kappa shape index (κ1) is 16.4. The highest BCUT2D eigenvalue weighted by Crippen LogP contribution is 2.27. The Morgan fingerprint density at radius 1 is 1.24 bits per heavy atom. The predicted molar refractivity (Wildman–Crippen MR) is 85.6 cm³/mol. The minimum absolute atomic E-state index is 0.0934. The average Bonchev–Trinajstić information content (AvgIpc) is 2.40. The number of halogens is 4. The van der Waals surface area contributed by atoms with Crippen LogP contribution in [0.1, 0.15) is 24.1 Å². The molecule has 0 saturated carbocycles. The normalized spacial score (nSPS) is 12.4. The molecule has 0 saturated heterocycles. The first-order valence-corrected chi connectivity index (χ1v) is 7.80. The van der Waals surface area contributed by atoms with Crippen molar-refractivity contribution in [2.75, 3.05) is 6.54 Å². The van der Waals surface area contributed by atoms with Crippen molar-refractivity contribution in [3.63, 3.8) is 0 Å². The van der Waals surface area contributed by atoms with Crippen LogP contribution < -0.4 is 5.32 Å². The van der Waals surface area contributed by atoms with Crippen LogP contribution in [-0.2, 0) is 6.42 Å². The predicted octanol–water partition coefficient (Wildman–Crippen LogP) is 5.27. The summed E-state index contributed by atoms with van der Waals surface area (Å²) in [5.41, 5.74) is 1.27. The van der Waals surface area contributed by atoms with Gasteiger partial charge < -0.3 is 5.32 Å². The lowest BCUT2D eigenvalue weighted by Crippen LogP contribution is -2.24. The zero-order valence-corrected chi connectivity index (χ0v) is 13.8. The molecule has 112 valence electrons. The van der Waals surface area contributed by atoms with Crippen LogP contribution in [0, 0.1) is 11.6 Å². The molecule has 2 aromatic rings. The Hall–Kier alpha value is -0.970. The second kappa shape index (κ2) is 7.34. The summed E-state index contributed by atoms with van der Waals surface area (Å²) in [7, 11) is 0. The van der Waals surface area contributed by atoms with Crippen LogP contribution in [0.2, 0.25) is 5.02 Å². The summed E-state index contributed by atoms with van der Waals surface area (Å²) in [4.78, 5) is 0. The molecule has 0 radical (unpaired) electrons. The zero-order valence-electron chi connectivity index (χ0n) is 11.5. The molecule has 0 bridgehead atoms. The van der Waals surface area contributed by atoms with Gasteiger partial charge in [-0.1, -0.05) is 46.6 Å². The van der Waals surface area contributed by atoms with E-state index in [-0.39, 0.29) is 16.9 Å². The molecule has 21 heavy (non-hydrogen) atoms. The number of hydrogen-bond acceptors (Lipinski definition) is 1. The highest BCUT2D eigenvalue weighted by molar-refractivity contribution is 9.10. The second-order valence-corrected chi connectivity index (χ2v) is 6.06. The minimum atomic E-state index is -0.430. The maximum atomic E-state index is 14.2. The molecule has 0 aliphatic rings. The smallest absolute Gasteiger partial charge is 0.146 e. The van der Waals surface area contributed by atoms with Gasteiger partial charge in [-0.3, -0.25) is 0 Å². The van der Waals surface area contributed by atoms with E-state index in [0.29, 0.717) is 23.0 Å². The summed E-state index contributed by atoms with van der Waals surface area (Å²) in [6, 6.07) is 9.35. The molecule has 5 heteroatoms. The van der Waals surface area contributed by atoms with E-state index in [1.807, 2.05) is 13.0 Å². The minimum Gasteiger partial charge on any atom is -0.310 e.